The predicted octanol–water partition coefficient (Wildman–Crippen LogP) is 3.80. The Balaban J connectivity index is 1.84. The number of furan rings is 1. The molecule has 0 radical (unpaired) electrons. The molecule has 0 unspecified atom stereocenters. The maximum Gasteiger partial charge on any atom is 0.293 e. The number of aromatic nitrogens is 2. The van der Waals surface area contributed by atoms with Crippen molar-refractivity contribution < 1.29 is 9.21 Å². The van der Waals surface area contributed by atoms with Gasteiger partial charge in [0.15, 0.2) is 5.76 Å². The zero-order chi connectivity index (χ0) is 14.8. The lowest BCUT2D eigenvalue weighted by Gasteiger charge is -1.98. The maximum atomic E-state index is 12.3. The lowest BCUT2D eigenvalue weighted by Crippen LogP contribution is -2.11. The number of anilines is 1. The first-order valence-electron chi connectivity index (χ1n) is 6.81. The van der Waals surface area contributed by atoms with E-state index in [1.807, 2.05) is 31.2 Å². The van der Waals surface area contributed by atoms with Gasteiger partial charge in [0.05, 0.1) is 0 Å². The van der Waals surface area contributed by atoms with Gasteiger partial charge in [0, 0.05) is 17.4 Å². The zero-order valence-corrected chi connectivity index (χ0v) is 12.7. The van der Waals surface area contributed by atoms with Gasteiger partial charge in [-0.15, -0.1) is 10.2 Å². The van der Waals surface area contributed by atoms with E-state index in [9.17, 15) is 4.79 Å². The fourth-order valence-electron chi connectivity index (χ4n) is 2.16. The largest absolute Gasteiger partial charge is 0.451 e. The van der Waals surface area contributed by atoms with Gasteiger partial charge in [-0.1, -0.05) is 36.5 Å². The molecule has 3 rings (SSSR count). The van der Waals surface area contributed by atoms with Gasteiger partial charge in [-0.25, -0.2) is 0 Å². The van der Waals surface area contributed by atoms with E-state index >= 15 is 0 Å². The topological polar surface area (TPSA) is 68.0 Å². The van der Waals surface area contributed by atoms with Gasteiger partial charge in [0.1, 0.15) is 10.6 Å². The van der Waals surface area contributed by atoms with Gasteiger partial charge in [-0.05, 0) is 19.4 Å². The Bertz CT molecular complexity index is 791. The van der Waals surface area contributed by atoms with Crippen molar-refractivity contribution in [2.24, 2.45) is 0 Å². The van der Waals surface area contributed by atoms with Crippen molar-refractivity contribution in [3.8, 4) is 0 Å². The zero-order valence-electron chi connectivity index (χ0n) is 11.8. The highest BCUT2D eigenvalue weighted by molar-refractivity contribution is 7.15. The Labute approximate surface area is 126 Å². The Morgan fingerprint density at radius 2 is 2.14 bits per heavy atom. The van der Waals surface area contributed by atoms with Crippen LogP contribution in [0.25, 0.3) is 11.0 Å². The van der Waals surface area contributed by atoms with Crippen molar-refractivity contribution in [2.75, 3.05) is 5.32 Å². The van der Waals surface area contributed by atoms with Crippen LogP contribution in [-0.2, 0) is 6.42 Å². The molecule has 0 aliphatic carbocycles. The van der Waals surface area contributed by atoms with Gasteiger partial charge in [-0.2, -0.15) is 0 Å². The Morgan fingerprint density at radius 3 is 2.90 bits per heavy atom. The van der Waals surface area contributed by atoms with E-state index in [2.05, 4.69) is 22.4 Å². The van der Waals surface area contributed by atoms with Crippen molar-refractivity contribution in [3.05, 3.63) is 40.6 Å². The molecular formula is C15H15N3O2S. The van der Waals surface area contributed by atoms with Gasteiger partial charge in [-0.3, -0.25) is 10.1 Å². The first-order valence-corrected chi connectivity index (χ1v) is 7.62. The minimum atomic E-state index is -0.289. The Hall–Kier alpha value is -2.21. The molecule has 1 N–H and O–H groups in total. The standard InChI is InChI=1S/C15H15N3O2S/c1-3-6-12-17-18-15(21-12)16-14(19)13-9(2)10-7-4-5-8-11(10)20-13/h4-5,7-8H,3,6H2,1-2H3,(H,16,18,19). The Kier molecular flexibility index (Phi) is 3.70. The van der Waals surface area contributed by atoms with Crippen LogP contribution in [0.4, 0.5) is 5.13 Å². The number of hydrogen-bond acceptors (Lipinski definition) is 5. The van der Waals surface area contributed by atoms with Crippen molar-refractivity contribution in [1.29, 1.82) is 0 Å². The fraction of sp³-hybridized carbons (Fsp3) is 0.267. The number of rotatable bonds is 4. The van der Waals surface area contributed by atoms with Gasteiger partial charge in [0.25, 0.3) is 5.91 Å². The van der Waals surface area contributed by atoms with Crippen LogP contribution in [0.2, 0.25) is 0 Å². The minimum absolute atomic E-state index is 0.289. The molecule has 2 aromatic heterocycles. The molecule has 0 bridgehead atoms. The second-order valence-corrected chi connectivity index (χ2v) is 5.82. The maximum absolute atomic E-state index is 12.3. The number of amides is 1. The molecule has 0 saturated heterocycles. The molecule has 0 fully saturated rings. The molecule has 0 aliphatic rings. The summed E-state index contributed by atoms with van der Waals surface area (Å²) in [7, 11) is 0. The molecule has 0 saturated carbocycles. The number of hydrogen-bond donors (Lipinski definition) is 1. The number of benzene rings is 1. The third kappa shape index (κ3) is 2.67. The summed E-state index contributed by atoms with van der Waals surface area (Å²) in [5.74, 6) is 0.0336. The van der Waals surface area contributed by atoms with Crippen LogP contribution < -0.4 is 5.32 Å². The van der Waals surface area contributed by atoms with E-state index in [4.69, 9.17) is 4.42 Å². The molecule has 1 aromatic carbocycles. The Morgan fingerprint density at radius 1 is 1.33 bits per heavy atom. The highest BCUT2D eigenvalue weighted by Crippen LogP contribution is 2.26. The summed E-state index contributed by atoms with van der Waals surface area (Å²) < 4.78 is 5.63. The third-order valence-electron chi connectivity index (χ3n) is 3.20. The number of aryl methyl sites for hydroxylation is 2. The smallest absolute Gasteiger partial charge is 0.293 e. The lowest BCUT2D eigenvalue weighted by molar-refractivity contribution is 0.0998. The summed E-state index contributed by atoms with van der Waals surface area (Å²) in [6.07, 6.45) is 1.88. The SMILES string of the molecule is CCCc1nnc(NC(=O)c2oc3ccccc3c2C)s1. The van der Waals surface area contributed by atoms with Gasteiger partial charge in [0.2, 0.25) is 5.13 Å². The highest BCUT2D eigenvalue weighted by Gasteiger charge is 2.18. The summed E-state index contributed by atoms with van der Waals surface area (Å²) in [6.45, 7) is 3.96. The van der Waals surface area contributed by atoms with Crippen LogP contribution in [0.15, 0.2) is 28.7 Å². The van der Waals surface area contributed by atoms with Crippen LogP contribution in [0.5, 0.6) is 0 Å². The van der Waals surface area contributed by atoms with E-state index in [0.717, 1.165) is 28.8 Å². The molecule has 1 amide bonds. The molecule has 3 aromatic rings. The summed E-state index contributed by atoms with van der Waals surface area (Å²) in [4.78, 5) is 12.3. The van der Waals surface area contributed by atoms with Crippen LogP contribution in [0, 0.1) is 6.92 Å². The number of carbonyl (C=O) groups excluding carboxylic acids is 1. The predicted molar refractivity (Wildman–Crippen MR) is 82.8 cm³/mol. The summed E-state index contributed by atoms with van der Waals surface area (Å²) >= 11 is 1.40. The van der Waals surface area contributed by atoms with E-state index in [1.54, 1.807) is 0 Å². The van der Waals surface area contributed by atoms with E-state index in [1.165, 1.54) is 11.3 Å². The van der Waals surface area contributed by atoms with Crippen LogP contribution in [-0.4, -0.2) is 16.1 Å². The van der Waals surface area contributed by atoms with Crippen LogP contribution >= 0.6 is 11.3 Å². The molecule has 6 heteroatoms. The van der Waals surface area contributed by atoms with Crippen molar-refractivity contribution >= 4 is 33.3 Å². The molecular weight excluding hydrogens is 286 g/mol. The molecule has 5 nitrogen and oxygen atoms in total. The average Bonchev–Trinajstić information content (AvgIpc) is 3.05. The normalized spacial score (nSPS) is 11.0. The number of fused-ring (bicyclic) bond motifs is 1. The minimum Gasteiger partial charge on any atom is -0.451 e. The summed E-state index contributed by atoms with van der Waals surface area (Å²) in [5, 5.41) is 13.1. The van der Waals surface area contributed by atoms with Crippen molar-refractivity contribution in [1.82, 2.24) is 10.2 Å². The van der Waals surface area contributed by atoms with Crippen LogP contribution in [0.1, 0.15) is 34.5 Å². The lowest BCUT2D eigenvalue weighted by atomic mass is 10.1. The van der Waals surface area contributed by atoms with Crippen molar-refractivity contribution in [2.45, 2.75) is 26.7 Å². The van der Waals surface area contributed by atoms with Crippen LogP contribution in [0.3, 0.4) is 0 Å². The highest BCUT2D eigenvalue weighted by atomic mass is 32.1. The fourth-order valence-corrected chi connectivity index (χ4v) is 3.00. The molecule has 2 heterocycles. The third-order valence-corrected chi connectivity index (χ3v) is 4.10. The number of para-hydroxylation sites is 1. The summed E-state index contributed by atoms with van der Waals surface area (Å²) in [5.41, 5.74) is 1.55. The van der Waals surface area contributed by atoms with E-state index < -0.39 is 0 Å². The second kappa shape index (κ2) is 5.65. The molecule has 21 heavy (non-hydrogen) atoms. The summed E-state index contributed by atoms with van der Waals surface area (Å²) in [6, 6.07) is 7.60. The van der Waals surface area contributed by atoms with E-state index in [0.29, 0.717) is 16.5 Å². The first-order chi connectivity index (χ1) is 10.2. The molecule has 108 valence electrons. The van der Waals surface area contributed by atoms with Crippen molar-refractivity contribution in [3.63, 3.8) is 0 Å². The molecule has 0 spiro atoms. The van der Waals surface area contributed by atoms with E-state index in [-0.39, 0.29) is 5.91 Å². The first kappa shape index (κ1) is 13.8. The van der Waals surface area contributed by atoms with Gasteiger partial charge >= 0.3 is 0 Å². The molecule has 0 aliphatic heterocycles. The number of nitrogens with zero attached hydrogens (tertiary/aromatic N) is 2. The quantitative estimate of drug-likeness (QED) is 0.796. The number of carbonyl (C=O) groups is 1. The van der Waals surface area contributed by atoms with Gasteiger partial charge < -0.3 is 4.42 Å². The molecule has 0 atom stereocenters. The second-order valence-electron chi connectivity index (χ2n) is 4.76. The average molecular weight is 301 g/mol. The number of nitrogens with one attached hydrogen (secondary N) is 1. The monoisotopic (exact) mass is 301 g/mol.